The van der Waals surface area contributed by atoms with Crippen LogP contribution in [0, 0.1) is 0 Å². The molecule has 1 amide bonds. The Balaban J connectivity index is 1.87. The molecule has 0 aromatic carbocycles. The molecule has 0 aliphatic heterocycles. The molecule has 2 rings (SSSR count). The van der Waals surface area contributed by atoms with Crippen LogP contribution in [0.1, 0.15) is 34.3 Å². The number of amides is 1. The maximum atomic E-state index is 12.2. The number of rotatable bonds is 7. The molecule has 2 aromatic heterocycles. The first-order chi connectivity index (χ1) is 10.1. The molecule has 0 saturated carbocycles. The number of ketones is 1. The smallest absolute Gasteiger partial charge is 0.223 e. The third kappa shape index (κ3) is 4.66. The largest absolute Gasteiger partial charge is 0.338 e. The number of carbonyl (C=O) groups excluding carboxylic acids is 2. The summed E-state index contributed by atoms with van der Waals surface area (Å²) >= 11 is 8.79. The predicted molar refractivity (Wildman–Crippen MR) is 88.3 cm³/mol. The third-order valence-corrected chi connectivity index (χ3v) is 5.20. The van der Waals surface area contributed by atoms with Gasteiger partial charge >= 0.3 is 0 Å². The Bertz CT molecular complexity index is 607. The van der Waals surface area contributed by atoms with Crippen molar-refractivity contribution in [3.63, 3.8) is 0 Å². The van der Waals surface area contributed by atoms with Gasteiger partial charge in [-0.15, -0.1) is 22.7 Å². The van der Waals surface area contributed by atoms with Crippen LogP contribution in [0.4, 0.5) is 0 Å². The lowest BCUT2D eigenvalue weighted by molar-refractivity contribution is -0.131. The summed E-state index contributed by atoms with van der Waals surface area (Å²) in [5.74, 6) is 0.0421. The molecule has 0 radical (unpaired) electrons. The van der Waals surface area contributed by atoms with Crippen LogP contribution in [-0.4, -0.2) is 23.1 Å². The van der Waals surface area contributed by atoms with E-state index in [0.29, 0.717) is 13.1 Å². The molecule has 6 heteroatoms. The van der Waals surface area contributed by atoms with Crippen molar-refractivity contribution in [2.75, 3.05) is 6.54 Å². The zero-order chi connectivity index (χ0) is 15.2. The molecule has 0 saturated heterocycles. The van der Waals surface area contributed by atoms with Gasteiger partial charge in [0.2, 0.25) is 5.91 Å². The van der Waals surface area contributed by atoms with Gasteiger partial charge in [0, 0.05) is 24.3 Å². The van der Waals surface area contributed by atoms with Gasteiger partial charge in [-0.3, -0.25) is 9.59 Å². The molecular weight excluding hydrogens is 326 g/mol. The Morgan fingerprint density at radius 3 is 2.62 bits per heavy atom. The summed E-state index contributed by atoms with van der Waals surface area (Å²) in [6.45, 7) is 3.12. The monoisotopic (exact) mass is 341 g/mol. The Morgan fingerprint density at radius 2 is 2.05 bits per heavy atom. The van der Waals surface area contributed by atoms with Crippen LogP contribution in [-0.2, 0) is 11.3 Å². The molecule has 0 aliphatic rings. The van der Waals surface area contributed by atoms with Gasteiger partial charge < -0.3 is 4.90 Å². The Labute approximate surface area is 137 Å². The SMILES string of the molecule is CCN(Cc1ccc(Cl)s1)C(=O)CCC(=O)c1cccs1. The first kappa shape index (κ1) is 16.2. The zero-order valence-electron chi connectivity index (χ0n) is 11.7. The first-order valence-corrected chi connectivity index (χ1v) is 8.76. The highest BCUT2D eigenvalue weighted by molar-refractivity contribution is 7.16. The van der Waals surface area contributed by atoms with E-state index in [4.69, 9.17) is 11.6 Å². The van der Waals surface area contributed by atoms with E-state index >= 15 is 0 Å². The van der Waals surface area contributed by atoms with Crippen LogP contribution in [0.25, 0.3) is 0 Å². The molecule has 2 aromatic rings. The number of hydrogen-bond acceptors (Lipinski definition) is 4. The topological polar surface area (TPSA) is 37.4 Å². The summed E-state index contributed by atoms with van der Waals surface area (Å²) in [6.07, 6.45) is 0.519. The lowest BCUT2D eigenvalue weighted by atomic mass is 10.2. The lowest BCUT2D eigenvalue weighted by Gasteiger charge is -2.19. The van der Waals surface area contributed by atoms with Crippen molar-refractivity contribution in [2.24, 2.45) is 0 Å². The highest BCUT2D eigenvalue weighted by atomic mass is 35.5. The van der Waals surface area contributed by atoms with E-state index < -0.39 is 0 Å². The second kappa shape index (κ2) is 7.73. The summed E-state index contributed by atoms with van der Waals surface area (Å²) in [5, 5.41) is 1.87. The predicted octanol–water partition coefficient (Wildman–Crippen LogP) is 4.47. The van der Waals surface area contributed by atoms with E-state index in [-0.39, 0.29) is 24.5 Å². The first-order valence-electron chi connectivity index (χ1n) is 6.69. The molecule has 0 fully saturated rings. The highest BCUT2D eigenvalue weighted by Crippen LogP contribution is 2.23. The fourth-order valence-electron chi connectivity index (χ4n) is 1.94. The number of thiophene rings is 2. The van der Waals surface area contributed by atoms with Crippen molar-refractivity contribution in [3.8, 4) is 0 Å². The summed E-state index contributed by atoms with van der Waals surface area (Å²) in [5.41, 5.74) is 0. The van der Waals surface area contributed by atoms with Gasteiger partial charge in [0.05, 0.1) is 15.8 Å². The average Bonchev–Trinajstić information content (AvgIpc) is 3.13. The minimum Gasteiger partial charge on any atom is -0.338 e. The molecule has 21 heavy (non-hydrogen) atoms. The Hall–Kier alpha value is -1.17. The molecule has 0 unspecified atom stereocenters. The molecule has 112 valence electrons. The van der Waals surface area contributed by atoms with Crippen molar-refractivity contribution in [2.45, 2.75) is 26.3 Å². The molecule has 3 nitrogen and oxygen atoms in total. The van der Waals surface area contributed by atoms with Gasteiger partial charge in [0.25, 0.3) is 0 Å². The molecule has 0 aliphatic carbocycles. The van der Waals surface area contributed by atoms with Crippen LogP contribution < -0.4 is 0 Å². The minimum absolute atomic E-state index is 0.00642. The number of halogens is 1. The standard InChI is InChI=1S/C15H16ClNO2S2/c1-2-17(10-11-5-7-14(16)21-11)15(19)8-6-12(18)13-4-3-9-20-13/h3-5,7,9H,2,6,8,10H2,1H3. The van der Waals surface area contributed by atoms with Gasteiger partial charge in [-0.25, -0.2) is 0 Å². The summed E-state index contributed by atoms with van der Waals surface area (Å²) < 4.78 is 0.723. The zero-order valence-corrected chi connectivity index (χ0v) is 14.1. The molecule has 0 atom stereocenters. The van der Waals surface area contributed by atoms with Crippen LogP contribution in [0.3, 0.4) is 0 Å². The van der Waals surface area contributed by atoms with E-state index in [1.165, 1.54) is 22.7 Å². The molecule has 2 heterocycles. The Kier molecular flexibility index (Phi) is 5.96. The quantitative estimate of drug-likeness (QED) is 0.696. The summed E-state index contributed by atoms with van der Waals surface area (Å²) in [7, 11) is 0. The van der Waals surface area contributed by atoms with Crippen molar-refractivity contribution in [1.29, 1.82) is 0 Å². The third-order valence-electron chi connectivity index (χ3n) is 3.07. The van der Waals surface area contributed by atoms with E-state index in [0.717, 1.165) is 14.1 Å². The second-order valence-electron chi connectivity index (χ2n) is 4.51. The van der Waals surface area contributed by atoms with Gasteiger partial charge in [0.15, 0.2) is 5.78 Å². The van der Waals surface area contributed by atoms with E-state index in [1.54, 1.807) is 11.0 Å². The van der Waals surface area contributed by atoms with Gasteiger partial charge in [-0.2, -0.15) is 0 Å². The van der Waals surface area contributed by atoms with Crippen molar-refractivity contribution in [3.05, 3.63) is 43.7 Å². The van der Waals surface area contributed by atoms with Gasteiger partial charge in [-0.05, 0) is 30.5 Å². The number of carbonyl (C=O) groups is 2. The van der Waals surface area contributed by atoms with Crippen molar-refractivity contribution >= 4 is 46.0 Å². The van der Waals surface area contributed by atoms with Gasteiger partial charge in [0.1, 0.15) is 0 Å². The molecule has 0 bridgehead atoms. The Morgan fingerprint density at radius 1 is 1.24 bits per heavy atom. The van der Waals surface area contributed by atoms with Crippen LogP contribution >= 0.6 is 34.3 Å². The summed E-state index contributed by atoms with van der Waals surface area (Å²) in [6, 6.07) is 7.40. The van der Waals surface area contributed by atoms with E-state index in [9.17, 15) is 9.59 Å². The van der Waals surface area contributed by atoms with Crippen molar-refractivity contribution < 1.29 is 9.59 Å². The minimum atomic E-state index is 0.00642. The van der Waals surface area contributed by atoms with Crippen LogP contribution in [0.15, 0.2) is 29.6 Å². The second-order valence-corrected chi connectivity index (χ2v) is 7.26. The fourth-order valence-corrected chi connectivity index (χ4v) is 3.74. The number of Topliss-reactive ketones (excluding diaryl/α,β-unsaturated/α-hetero) is 1. The number of nitrogens with zero attached hydrogens (tertiary/aromatic N) is 1. The average molecular weight is 342 g/mol. The summed E-state index contributed by atoms with van der Waals surface area (Å²) in [4.78, 5) is 27.6. The van der Waals surface area contributed by atoms with E-state index in [1.807, 2.05) is 30.5 Å². The van der Waals surface area contributed by atoms with E-state index in [2.05, 4.69) is 0 Å². The molecule has 0 spiro atoms. The highest BCUT2D eigenvalue weighted by Gasteiger charge is 2.16. The van der Waals surface area contributed by atoms with Crippen LogP contribution in [0.2, 0.25) is 4.34 Å². The fraction of sp³-hybridized carbons (Fsp3) is 0.333. The molecule has 0 N–H and O–H groups in total. The maximum Gasteiger partial charge on any atom is 0.223 e. The molecular formula is C15H16ClNO2S2. The maximum absolute atomic E-state index is 12.2. The normalized spacial score (nSPS) is 10.6. The van der Waals surface area contributed by atoms with Crippen molar-refractivity contribution in [1.82, 2.24) is 4.90 Å². The lowest BCUT2D eigenvalue weighted by Crippen LogP contribution is -2.30. The van der Waals surface area contributed by atoms with Gasteiger partial charge in [-0.1, -0.05) is 17.7 Å². The van der Waals surface area contributed by atoms with Crippen LogP contribution in [0.5, 0.6) is 0 Å². The number of hydrogen-bond donors (Lipinski definition) is 0.